The Morgan fingerprint density at radius 1 is 1.31 bits per heavy atom. The van der Waals surface area contributed by atoms with Crippen LogP contribution in [-0.4, -0.2) is 19.7 Å². The predicted octanol–water partition coefficient (Wildman–Crippen LogP) is 0.121. The van der Waals surface area contributed by atoms with E-state index >= 15 is 0 Å². The molecule has 0 radical (unpaired) electrons. The average molecular weight is 175 g/mol. The van der Waals surface area contributed by atoms with E-state index in [1.54, 1.807) is 29.3 Å². The molecule has 0 atom stereocenters. The molecule has 0 spiro atoms. The van der Waals surface area contributed by atoms with Gasteiger partial charge in [0, 0.05) is 30.7 Å². The van der Waals surface area contributed by atoms with Crippen LogP contribution in [0.15, 0.2) is 30.9 Å². The molecule has 0 aliphatic rings. The van der Waals surface area contributed by atoms with Crippen molar-refractivity contribution < 1.29 is 0 Å². The van der Waals surface area contributed by atoms with Crippen LogP contribution in [0.1, 0.15) is 5.56 Å². The van der Waals surface area contributed by atoms with Gasteiger partial charge in [-0.1, -0.05) is 0 Å². The molecule has 0 saturated heterocycles. The fourth-order valence-corrected chi connectivity index (χ4v) is 0.984. The molecule has 0 unspecified atom stereocenters. The van der Waals surface area contributed by atoms with E-state index in [1.807, 2.05) is 6.20 Å². The van der Waals surface area contributed by atoms with E-state index in [9.17, 15) is 0 Å². The highest BCUT2D eigenvalue weighted by atomic mass is 15.3. The van der Waals surface area contributed by atoms with Crippen molar-refractivity contribution in [3.05, 3.63) is 36.4 Å². The van der Waals surface area contributed by atoms with E-state index in [2.05, 4.69) is 15.1 Å². The maximum absolute atomic E-state index is 5.45. The van der Waals surface area contributed by atoms with Gasteiger partial charge in [-0.2, -0.15) is 5.10 Å². The SMILES string of the molecule is NCc1cnn(-c2ncccn2)c1. The molecule has 2 heterocycles. The summed E-state index contributed by atoms with van der Waals surface area (Å²) in [6, 6.07) is 1.76. The van der Waals surface area contributed by atoms with Crippen LogP contribution in [0.3, 0.4) is 0 Å². The fourth-order valence-electron chi connectivity index (χ4n) is 0.984. The zero-order valence-corrected chi connectivity index (χ0v) is 6.96. The molecule has 2 N–H and O–H groups in total. The maximum Gasteiger partial charge on any atom is 0.250 e. The van der Waals surface area contributed by atoms with Crippen LogP contribution in [0, 0.1) is 0 Å². The van der Waals surface area contributed by atoms with Gasteiger partial charge in [-0.15, -0.1) is 0 Å². The third kappa shape index (κ3) is 1.54. The molecule has 2 rings (SSSR count). The lowest BCUT2D eigenvalue weighted by Gasteiger charge is -1.95. The first-order valence-electron chi connectivity index (χ1n) is 3.91. The third-order valence-corrected chi connectivity index (χ3v) is 1.63. The van der Waals surface area contributed by atoms with Gasteiger partial charge in [0.25, 0.3) is 0 Å². The topological polar surface area (TPSA) is 69.6 Å². The summed E-state index contributed by atoms with van der Waals surface area (Å²) in [6.45, 7) is 0.479. The Morgan fingerprint density at radius 3 is 2.69 bits per heavy atom. The van der Waals surface area contributed by atoms with Gasteiger partial charge in [-0.3, -0.25) is 0 Å². The average Bonchev–Trinajstić information content (AvgIpc) is 2.67. The highest BCUT2D eigenvalue weighted by Gasteiger charge is 1.99. The lowest BCUT2D eigenvalue weighted by atomic mass is 10.4. The van der Waals surface area contributed by atoms with E-state index in [0.717, 1.165) is 5.56 Å². The normalized spacial score (nSPS) is 10.2. The molecule has 2 aromatic heterocycles. The minimum atomic E-state index is 0.479. The van der Waals surface area contributed by atoms with E-state index in [0.29, 0.717) is 12.5 Å². The van der Waals surface area contributed by atoms with E-state index in [-0.39, 0.29) is 0 Å². The minimum absolute atomic E-state index is 0.479. The largest absolute Gasteiger partial charge is 0.326 e. The molecule has 0 aliphatic heterocycles. The summed E-state index contributed by atoms with van der Waals surface area (Å²) in [4.78, 5) is 8.09. The first-order valence-corrected chi connectivity index (χ1v) is 3.91. The van der Waals surface area contributed by atoms with Gasteiger partial charge in [-0.25, -0.2) is 14.6 Å². The van der Waals surface area contributed by atoms with Crippen molar-refractivity contribution in [2.45, 2.75) is 6.54 Å². The number of nitrogens with zero attached hydrogens (tertiary/aromatic N) is 4. The smallest absolute Gasteiger partial charge is 0.250 e. The second-order valence-corrected chi connectivity index (χ2v) is 2.55. The lowest BCUT2D eigenvalue weighted by Crippen LogP contribution is -2.00. The Bertz CT molecular complexity index is 380. The summed E-state index contributed by atoms with van der Waals surface area (Å²) in [5, 5.41) is 4.07. The standard InChI is InChI=1S/C8H9N5/c9-4-7-5-12-13(6-7)8-10-2-1-3-11-8/h1-3,5-6H,4,9H2. The first-order chi connectivity index (χ1) is 6.40. The molecule has 5 nitrogen and oxygen atoms in total. The van der Waals surface area contributed by atoms with Crippen molar-refractivity contribution in [1.82, 2.24) is 19.7 Å². The van der Waals surface area contributed by atoms with Gasteiger partial charge in [-0.05, 0) is 6.07 Å². The number of aromatic nitrogens is 4. The van der Waals surface area contributed by atoms with Crippen molar-refractivity contribution in [2.75, 3.05) is 0 Å². The summed E-state index contributed by atoms with van der Waals surface area (Å²) in [6.07, 6.45) is 6.87. The predicted molar refractivity (Wildman–Crippen MR) is 47.0 cm³/mol. The van der Waals surface area contributed by atoms with Gasteiger partial charge in [0.05, 0.1) is 6.20 Å². The molecule has 0 aliphatic carbocycles. The van der Waals surface area contributed by atoms with E-state index < -0.39 is 0 Å². The van der Waals surface area contributed by atoms with Crippen molar-refractivity contribution in [3.63, 3.8) is 0 Å². The highest BCUT2D eigenvalue weighted by molar-refractivity contribution is 5.13. The highest BCUT2D eigenvalue weighted by Crippen LogP contribution is 2.00. The van der Waals surface area contributed by atoms with Gasteiger partial charge in [0.1, 0.15) is 0 Å². The summed E-state index contributed by atoms with van der Waals surface area (Å²) in [5.41, 5.74) is 6.41. The van der Waals surface area contributed by atoms with E-state index in [4.69, 9.17) is 5.73 Å². The van der Waals surface area contributed by atoms with Crippen molar-refractivity contribution in [1.29, 1.82) is 0 Å². The van der Waals surface area contributed by atoms with Gasteiger partial charge < -0.3 is 5.73 Å². The molecule has 0 saturated carbocycles. The van der Waals surface area contributed by atoms with Crippen molar-refractivity contribution >= 4 is 0 Å². The van der Waals surface area contributed by atoms with Crippen LogP contribution in [0.2, 0.25) is 0 Å². The summed E-state index contributed by atoms with van der Waals surface area (Å²) >= 11 is 0. The number of hydrogen-bond acceptors (Lipinski definition) is 4. The van der Waals surface area contributed by atoms with Gasteiger partial charge in [0.15, 0.2) is 0 Å². The second kappa shape index (κ2) is 3.32. The molecule has 13 heavy (non-hydrogen) atoms. The molecule has 5 heteroatoms. The van der Waals surface area contributed by atoms with Crippen LogP contribution in [0.25, 0.3) is 5.95 Å². The number of hydrogen-bond donors (Lipinski definition) is 1. The monoisotopic (exact) mass is 175 g/mol. The molecule has 0 bridgehead atoms. The summed E-state index contributed by atoms with van der Waals surface area (Å²) in [5.74, 6) is 0.558. The van der Waals surface area contributed by atoms with Crippen LogP contribution >= 0.6 is 0 Å². The zero-order chi connectivity index (χ0) is 9.10. The molecular formula is C8H9N5. The molecule has 0 amide bonds. The molecule has 2 aromatic rings. The molecule has 0 aromatic carbocycles. The van der Waals surface area contributed by atoms with Crippen LogP contribution in [0.5, 0.6) is 0 Å². The fraction of sp³-hybridized carbons (Fsp3) is 0.125. The van der Waals surface area contributed by atoms with Gasteiger partial charge >= 0.3 is 0 Å². The zero-order valence-electron chi connectivity index (χ0n) is 6.96. The molecule has 66 valence electrons. The second-order valence-electron chi connectivity index (χ2n) is 2.55. The summed E-state index contributed by atoms with van der Waals surface area (Å²) < 4.78 is 1.60. The van der Waals surface area contributed by atoms with Crippen LogP contribution in [-0.2, 0) is 6.54 Å². The Labute approximate surface area is 75.2 Å². The van der Waals surface area contributed by atoms with E-state index in [1.165, 1.54) is 0 Å². The summed E-state index contributed by atoms with van der Waals surface area (Å²) in [7, 11) is 0. The molecular weight excluding hydrogens is 166 g/mol. The van der Waals surface area contributed by atoms with Crippen molar-refractivity contribution in [2.24, 2.45) is 5.73 Å². The first kappa shape index (κ1) is 7.88. The Kier molecular flexibility index (Phi) is 2.01. The minimum Gasteiger partial charge on any atom is -0.326 e. The quantitative estimate of drug-likeness (QED) is 0.703. The Morgan fingerprint density at radius 2 is 2.08 bits per heavy atom. The van der Waals surface area contributed by atoms with Crippen LogP contribution < -0.4 is 5.73 Å². The number of nitrogens with two attached hydrogens (primary N) is 1. The maximum atomic E-state index is 5.45. The number of rotatable bonds is 2. The Balaban J connectivity index is 2.36. The Hall–Kier alpha value is -1.75. The van der Waals surface area contributed by atoms with Crippen LogP contribution in [0.4, 0.5) is 0 Å². The van der Waals surface area contributed by atoms with Crippen molar-refractivity contribution in [3.8, 4) is 5.95 Å². The third-order valence-electron chi connectivity index (χ3n) is 1.63. The van der Waals surface area contributed by atoms with Gasteiger partial charge in [0.2, 0.25) is 5.95 Å². The molecule has 0 fully saturated rings. The lowest BCUT2D eigenvalue weighted by molar-refractivity contribution is 0.807.